The smallest absolute Gasteiger partial charge is 0.383 e. The minimum absolute atomic E-state index is 0.0616. The molecule has 1 aromatic carbocycles. The summed E-state index contributed by atoms with van der Waals surface area (Å²) in [5.74, 6) is -0.665. The minimum Gasteiger partial charge on any atom is -0.383 e. The molecule has 0 fully saturated rings. The number of hydrogen-bond acceptors (Lipinski definition) is 4. The van der Waals surface area contributed by atoms with Crippen LogP contribution in [-0.4, -0.2) is 22.3 Å². The van der Waals surface area contributed by atoms with E-state index in [0.29, 0.717) is 17.9 Å². The van der Waals surface area contributed by atoms with Crippen LogP contribution in [0.3, 0.4) is 0 Å². The molecule has 0 unspecified atom stereocenters. The molecule has 0 bridgehead atoms. The maximum Gasteiger partial charge on any atom is 0.416 e. The van der Waals surface area contributed by atoms with Crippen molar-refractivity contribution < 1.29 is 22.7 Å². The molecule has 1 heterocycles. The average Bonchev–Trinajstić information content (AvgIpc) is 2.87. The third-order valence-electron chi connectivity index (χ3n) is 3.81. The molecule has 9 heteroatoms. The van der Waals surface area contributed by atoms with Crippen LogP contribution < -0.4 is 11.5 Å². The van der Waals surface area contributed by atoms with E-state index in [1.54, 1.807) is 0 Å². The Morgan fingerprint density at radius 1 is 1.27 bits per heavy atom. The molecule has 6 nitrogen and oxygen atoms in total. The summed E-state index contributed by atoms with van der Waals surface area (Å²) in [4.78, 5) is 11.7. The normalized spacial score (nSPS) is 11.7. The molecule has 0 spiro atoms. The fourth-order valence-corrected chi connectivity index (χ4v) is 2.40. The number of nitrogens with two attached hydrogens (primary N) is 2. The third kappa shape index (κ3) is 4.75. The van der Waals surface area contributed by atoms with Crippen molar-refractivity contribution in [2.24, 2.45) is 5.73 Å². The van der Waals surface area contributed by atoms with Gasteiger partial charge in [0.05, 0.1) is 18.7 Å². The van der Waals surface area contributed by atoms with Gasteiger partial charge < -0.3 is 16.2 Å². The van der Waals surface area contributed by atoms with Crippen LogP contribution in [0.1, 0.15) is 46.9 Å². The first kappa shape index (κ1) is 19.8. The summed E-state index contributed by atoms with van der Waals surface area (Å²) < 4.78 is 44.7. The highest BCUT2D eigenvalue weighted by Gasteiger charge is 2.30. The number of rotatable bonds is 8. The van der Waals surface area contributed by atoms with Crippen LogP contribution in [0, 0.1) is 0 Å². The highest BCUT2D eigenvalue weighted by Crippen LogP contribution is 2.29. The number of nitrogen functional groups attached to an aromatic ring is 1. The number of unbranched alkanes of at least 4 members (excludes halogenated alkanes) is 1. The van der Waals surface area contributed by atoms with E-state index in [0.717, 1.165) is 25.0 Å². The summed E-state index contributed by atoms with van der Waals surface area (Å²) in [6.07, 6.45) is -2.56. The summed E-state index contributed by atoms with van der Waals surface area (Å²) in [6, 6.07) is 4.65. The van der Waals surface area contributed by atoms with Crippen LogP contribution in [-0.2, 0) is 24.1 Å². The predicted octanol–water partition coefficient (Wildman–Crippen LogP) is 2.95. The van der Waals surface area contributed by atoms with Gasteiger partial charge in [0.1, 0.15) is 17.1 Å². The Kier molecular flexibility index (Phi) is 6.25. The van der Waals surface area contributed by atoms with Gasteiger partial charge in [-0.15, -0.1) is 0 Å². The molecule has 0 saturated heterocycles. The molecule has 0 radical (unpaired) electrons. The maximum atomic E-state index is 12.6. The maximum absolute atomic E-state index is 12.6. The largest absolute Gasteiger partial charge is 0.416 e. The molecule has 0 saturated carbocycles. The fourth-order valence-electron chi connectivity index (χ4n) is 2.40. The van der Waals surface area contributed by atoms with Gasteiger partial charge in [-0.05, 0) is 24.1 Å². The van der Waals surface area contributed by atoms with Gasteiger partial charge in [-0.25, -0.2) is 4.68 Å². The van der Waals surface area contributed by atoms with Gasteiger partial charge in [0.25, 0.3) is 5.91 Å². The van der Waals surface area contributed by atoms with Crippen molar-refractivity contribution in [1.82, 2.24) is 9.78 Å². The summed E-state index contributed by atoms with van der Waals surface area (Å²) in [5, 5.41) is 4.24. The second-order valence-electron chi connectivity index (χ2n) is 5.83. The highest BCUT2D eigenvalue weighted by atomic mass is 19.4. The van der Waals surface area contributed by atoms with E-state index >= 15 is 0 Å². The van der Waals surface area contributed by atoms with E-state index in [1.807, 2.05) is 6.92 Å². The van der Waals surface area contributed by atoms with Crippen LogP contribution in [0.4, 0.5) is 19.0 Å². The van der Waals surface area contributed by atoms with Gasteiger partial charge in [-0.2, -0.15) is 18.3 Å². The number of hydrogen-bond donors (Lipinski definition) is 2. The van der Waals surface area contributed by atoms with Crippen LogP contribution in [0.15, 0.2) is 24.3 Å². The Labute approximate surface area is 148 Å². The van der Waals surface area contributed by atoms with Gasteiger partial charge in [0.2, 0.25) is 0 Å². The van der Waals surface area contributed by atoms with Crippen molar-refractivity contribution in [2.45, 2.75) is 39.1 Å². The Hall–Kier alpha value is -2.55. The van der Waals surface area contributed by atoms with Crippen molar-refractivity contribution in [1.29, 1.82) is 0 Å². The van der Waals surface area contributed by atoms with Gasteiger partial charge in [-0.1, -0.05) is 25.5 Å². The number of primary amides is 1. The Bertz CT molecular complexity index is 755. The molecule has 1 amide bonds. The van der Waals surface area contributed by atoms with Gasteiger partial charge >= 0.3 is 6.18 Å². The molecule has 0 aliphatic heterocycles. The molecule has 26 heavy (non-hydrogen) atoms. The number of anilines is 1. The van der Waals surface area contributed by atoms with Crippen LogP contribution in [0.2, 0.25) is 0 Å². The first-order valence-corrected chi connectivity index (χ1v) is 8.12. The zero-order valence-electron chi connectivity index (χ0n) is 14.3. The number of ether oxygens (including phenoxy) is 1. The topological polar surface area (TPSA) is 96.2 Å². The zero-order valence-corrected chi connectivity index (χ0v) is 14.3. The SMILES string of the molecule is CCCCOCc1nn(Cc2ccc(C(F)(F)F)cc2)c(N)c1C(N)=O. The third-order valence-corrected chi connectivity index (χ3v) is 3.81. The van der Waals surface area contributed by atoms with E-state index in [-0.39, 0.29) is 24.5 Å². The minimum atomic E-state index is -4.40. The number of benzene rings is 1. The number of carbonyl (C=O) groups excluding carboxylic acids is 1. The van der Waals surface area contributed by atoms with E-state index in [2.05, 4.69) is 5.10 Å². The molecule has 4 N–H and O–H groups in total. The number of amides is 1. The summed E-state index contributed by atoms with van der Waals surface area (Å²) >= 11 is 0. The number of aromatic nitrogens is 2. The van der Waals surface area contributed by atoms with Gasteiger partial charge in [0.15, 0.2) is 0 Å². The van der Waals surface area contributed by atoms with E-state index in [9.17, 15) is 18.0 Å². The van der Waals surface area contributed by atoms with E-state index < -0.39 is 17.6 Å². The quantitative estimate of drug-likeness (QED) is 0.698. The second-order valence-corrected chi connectivity index (χ2v) is 5.83. The molecular formula is C17H21F3N4O2. The summed E-state index contributed by atoms with van der Waals surface area (Å²) in [5.41, 5.74) is 11.5. The Morgan fingerprint density at radius 2 is 1.92 bits per heavy atom. The van der Waals surface area contributed by atoms with Crippen molar-refractivity contribution in [3.8, 4) is 0 Å². The molecule has 1 aromatic heterocycles. The number of nitrogens with zero attached hydrogens (tertiary/aromatic N) is 2. The van der Waals surface area contributed by atoms with Crippen molar-refractivity contribution in [3.05, 3.63) is 46.6 Å². The lowest BCUT2D eigenvalue weighted by molar-refractivity contribution is -0.137. The summed E-state index contributed by atoms with van der Waals surface area (Å²) in [6.45, 7) is 2.73. The van der Waals surface area contributed by atoms with Crippen molar-refractivity contribution in [3.63, 3.8) is 0 Å². The molecule has 2 rings (SSSR count). The van der Waals surface area contributed by atoms with Crippen LogP contribution in [0.25, 0.3) is 0 Å². The monoisotopic (exact) mass is 370 g/mol. The molecule has 0 aliphatic rings. The van der Waals surface area contributed by atoms with Crippen molar-refractivity contribution in [2.75, 3.05) is 12.3 Å². The zero-order chi connectivity index (χ0) is 19.3. The summed E-state index contributed by atoms with van der Waals surface area (Å²) in [7, 11) is 0. The number of alkyl halides is 3. The lowest BCUT2D eigenvalue weighted by Gasteiger charge is -2.08. The van der Waals surface area contributed by atoms with Crippen LogP contribution in [0.5, 0.6) is 0 Å². The number of carbonyl (C=O) groups is 1. The van der Waals surface area contributed by atoms with E-state index in [4.69, 9.17) is 16.2 Å². The molecule has 0 atom stereocenters. The average molecular weight is 370 g/mol. The standard InChI is InChI=1S/C17H21F3N4O2/c1-2-3-8-26-10-13-14(16(22)25)15(21)24(23-13)9-11-4-6-12(7-5-11)17(18,19)20/h4-7H,2-3,8-10,21H2,1H3,(H2,22,25). The molecule has 2 aromatic rings. The first-order chi connectivity index (χ1) is 12.2. The Morgan fingerprint density at radius 3 is 2.46 bits per heavy atom. The van der Waals surface area contributed by atoms with Gasteiger partial charge in [-0.3, -0.25) is 4.79 Å². The highest BCUT2D eigenvalue weighted by molar-refractivity contribution is 5.98. The van der Waals surface area contributed by atoms with Crippen LogP contribution >= 0.6 is 0 Å². The van der Waals surface area contributed by atoms with E-state index in [1.165, 1.54) is 16.8 Å². The predicted molar refractivity (Wildman–Crippen MR) is 90.3 cm³/mol. The second kappa shape index (κ2) is 8.22. The molecular weight excluding hydrogens is 349 g/mol. The van der Waals surface area contributed by atoms with Crippen molar-refractivity contribution >= 4 is 11.7 Å². The molecule has 0 aliphatic carbocycles. The molecule has 142 valence electrons. The lowest BCUT2D eigenvalue weighted by atomic mass is 10.1. The Balaban J connectivity index is 2.19. The lowest BCUT2D eigenvalue weighted by Crippen LogP contribution is -2.15. The fraction of sp³-hybridized carbons (Fsp3) is 0.412. The number of halogens is 3. The first-order valence-electron chi connectivity index (χ1n) is 8.12. The van der Waals surface area contributed by atoms with Gasteiger partial charge in [0, 0.05) is 6.61 Å².